The van der Waals surface area contributed by atoms with E-state index in [1.165, 1.54) is 0 Å². The predicted octanol–water partition coefficient (Wildman–Crippen LogP) is 2.14. The maximum Gasteiger partial charge on any atom is 0.232 e. The summed E-state index contributed by atoms with van der Waals surface area (Å²) in [5, 5.41) is 4.04. The first-order valence-electron chi connectivity index (χ1n) is 5.78. The number of oxime groups is 1. The average Bonchev–Trinajstić information content (AvgIpc) is 2.87. The van der Waals surface area contributed by atoms with Crippen molar-refractivity contribution in [3.63, 3.8) is 0 Å². The van der Waals surface area contributed by atoms with Gasteiger partial charge in [-0.1, -0.05) is 18.5 Å². The fourth-order valence-corrected chi connectivity index (χ4v) is 1.75. The SMILES string of the molecule is CCCCOC1CC(C2=NCCC2)=NO1. The second-order valence-corrected chi connectivity index (χ2v) is 3.93. The van der Waals surface area contributed by atoms with Crippen LogP contribution in [0.15, 0.2) is 10.1 Å². The summed E-state index contributed by atoms with van der Waals surface area (Å²) in [6.07, 6.45) is 5.01. The van der Waals surface area contributed by atoms with Crippen LogP contribution >= 0.6 is 0 Å². The Bertz CT molecular complexity index is 274. The van der Waals surface area contributed by atoms with Crippen LogP contribution in [0, 0.1) is 0 Å². The summed E-state index contributed by atoms with van der Waals surface area (Å²) in [7, 11) is 0. The third kappa shape index (κ3) is 2.78. The van der Waals surface area contributed by atoms with E-state index >= 15 is 0 Å². The first kappa shape index (κ1) is 10.6. The minimum atomic E-state index is -0.171. The zero-order valence-electron chi connectivity index (χ0n) is 9.24. The van der Waals surface area contributed by atoms with Gasteiger partial charge in [0.05, 0.1) is 18.7 Å². The highest BCUT2D eigenvalue weighted by molar-refractivity contribution is 6.42. The maximum absolute atomic E-state index is 5.54. The van der Waals surface area contributed by atoms with E-state index in [-0.39, 0.29) is 6.29 Å². The van der Waals surface area contributed by atoms with Gasteiger partial charge in [-0.25, -0.2) is 0 Å². The number of unbranched alkanes of at least 4 members (excludes halogenated alkanes) is 1. The third-order valence-electron chi connectivity index (χ3n) is 2.65. The molecule has 0 bridgehead atoms. The largest absolute Gasteiger partial charge is 0.363 e. The lowest BCUT2D eigenvalue weighted by Crippen LogP contribution is -2.16. The summed E-state index contributed by atoms with van der Waals surface area (Å²) >= 11 is 0. The molecule has 0 radical (unpaired) electrons. The van der Waals surface area contributed by atoms with Crippen molar-refractivity contribution in [3.05, 3.63) is 0 Å². The molecule has 2 heterocycles. The minimum Gasteiger partial charge on any atom is -0.363 e. The Labute approximate surface area is 90.3 Å². The van der Waals surface area contributed by atoms with Gasteiger partial charge in [0, 0.05) is 6.54 Å². The second-order valence-electron chi connectivity index (χ2n) is 3.93. The monoisotopic (exact) mass is 210 g/mol. The summed E-state index contributed by atoms with van der Waals surface area (Å²) in [5.74, 6) is 0. The van der Waals surface area contributed by atoms with Crippen molar-refractivity contribution in [2.45, 2.75) is 45.3 Å². The van der Waals surface area contributed by atoms with Gasteiger partial charge >= 0.3 is 0 Å². The Morgan fingerprint density at radius 3 is 3.13 bits per heavy atom. The molecular formula is C11H18N2O2. The molecule has 0 aromatic rings. The minimum absolute atomic E-state index is 0.171. The van der Waals surface area contributed by atoms with Crippen LogP contribution in [0.2, 0.25) is 0 Å². The summed E-state index contributed by atoms with van der Waals surface area (Å²) in [6.45, 7) is 3.85. The standard InChI is InChI=1S/C11H18N2O2/c1-2-3-7-14-11-8-10(13-15-11)9-5-4-6-12-9/h11H,2-8H2,1H3. The number of rotatable bonds is 5. The van der Waals surface area contributed by atoms with Gasteiger partial charge in [0.15, 0.2) is 0 Å². The van der Waals surface area contributed by atoms with Gasteiger partial charge < -0.3 is 9.57 Å². The van der Waals surface area contributed by atoms with Gasteiger partial charge in [0.2, 0.25) is 6.29 Å². The van der Waals surface area contributed by atoms with Crippen molar-refractivity contribution in [2.24, 2.45) is 10.1 Å². The number of hydrogen-bond acceptors (Lipinski definition) is 4. The highest BCUT2D eigenvalue weighted by Gasteiger charge is 2.25. The topological polar surface area (TPSA) is 43.2 Å². The van der Waals surface area contributed by atoms with Crippen LogP contribution in [0.1, 0.15) is 39.0 Å². The Morgan fingerprint density at radius 2 is 2.40 bits per heavy atom. The quantitative estimate of drug-likeness (QED) is 0.652. The Morgan fingerprint density at radius 1 is 1.47 bits per heavy atom. The zero-order chi connectivity index (χ0) is 10.5. The van der Waals surface area contributed by atoms with E-state index in [9.17, 15) is 0 Å². The maximum atomic E-state index is 5.54. The molecule has 15 heavy (non-hydrogen) atoms. The lowest BCUT2D eigenvalue weighted by atomic mass is 10.1. The molecule has 0 saturated carbocycles. The van der Waals surface area contributed by atoms with Crippen LogP contribution in [0.4, 0.5) is 0 Å². The lowest BCUT2D eigenvalue weighted by Gasteiger charge is -2.08. The average molecular weight is 210 g/mol. The van der Waals surface area contributed by atoms with E-state index in [0.29, 0.717) is 0 Å². The van der Waals surface area contributed by atoms with E-state index in [1.807, 2.05) is 0 Å². The Kier molecular flexibility index (Phi) is 3.72. The van der Waals surface area contributed by atoms with Crippen LogP contribution in [0.3, 0.4) is 0 Å². The molecule has 0 amide bonds. The third-order valence-corrected chi connectivity index (χ3v) is 2.65. The smallest absolute Gasteiger partial charge is 0.232 e. The molecule has 0 aromatic heterocycles. The first-order chi connectivity index (χ1) is 7.40. The molecule has 4 heteroatoms. The van der Waals surface area contributed by atoms with Crippen molar-refractivity contribution in [3.8, 4) is 0 Å². The molecule has 4 nitrogen and oxygen atoms in total. The Hall–Kier alpha value is -0.900. The first-order valence-corrected chi connectivity index (χ1v) is 5.78. The molecule has 0 aliphatic carbocycles. The predicted molar refractivity (Wildman–Crippen MR) is 59.3 cm³/mol. The highest BCUT2D eigenvalue weighted by atomic mass is 16.8. The van der Waals surface area contributed by atoms with Gasteiger partial charge in [0.1, 0.15) is 5.71 Å². The van der Waals surface area contributed by atoms with Crippen molar-refractivity contribution >= 4 is 11.4 Å². The molecule has 0 N–H and O–H groups in total. The van der Waals surface area contributed by atoms with Crippen molar-refractivity contribution in [1.82, 2.24) is 0 Å². The van der Waals surface area contributed by atoms with Gasteiger partial charge in [0.25, 0.3) is 0 Å². The van der Waals surface area contributed by atoms with Crippen molar-refractivity contribution in [1.29, 1.82) is 0 Å². The number of ether oxygens (including phenoxy) is 1. The molecule has 0 fully saturated rings. The molecule has 0 aromatic carbocycles. The normalized spacial score (nSPS) is 25.0. The molecule has 2 aliphatic rings. The summed E-state index contributed by atoms with van der Waals surface area (Å²) in [5.41, 5.74) is 2.12. The number of hydrogen-bond donors (Lipinski definition) is 0. The number of nitrogens with zero attached hydrogens (tertiary/aromatic N) is 2. The Balaban J connectivity index is 1.73. The summed E-state index contributed by atoms with van der Waals surface area (Å²) in [6, 6.07) is 0. The van der Waals surface area contributed by atoms with Crippen LogP contribution in [-0.4, -0.2) is 30.9 Å². The fourth-order valence-electron chi connectivity index (χ4n) is 1.75. The van der Waals surface area contributed by atoms with Gasteiger partial charge in [-0.3, -0.25) is 4.99 Å². The molecule has 1 atom stereocenters. The second kappa shape index (κ2) is 5.26. The van der Waals surface area contributed by atoms with Gasteiger partial charge in [-0.05, 0) is 19.3 Å². The van der Waals surface area contributed by atoms with Crippen LogP contribution in [0.5, 0.6) is 0 Å². The van der Waals surface area contributed by atoms with Crippen molar-refractivity contribution < 1.29 is 9.57 Å². The molecule has 0 spiro atoms. The van der Waals surface area contributed by atoms with Crippen LogP contribution in [-0.2, 0) is 9.57 Å². The molecule has 0 saturated heterocycles. The lowest BCUT2D eigenvalue weighted by molar-refractivity contribution is -0.124. The van der Waals surface area contributed by atoms with Gasteiger partial charge in [-0.2, -0.15) is 0 Å². The van der Waals surface area contributed by atoms with Crippen LogP contribution < -0.4 is 0 Å². The van der Waals surface area contributed by atoms with E-state index in [0.717, 1.165) is 56.7 Å². The van der Waals surface area contributed by atoms with E-state index in [1.54, 1.807) is 0 Å². The van der Waals surface area contributed by atoms with Crippen molar-refractivity contribution in [2.75, 3.05) is 13.2 Å². The summed E-state index contributed by atoms with van der Waals surface area (Å²) < 4.78 is 5.54. The van der Waals surface area contributed by atoms with E-state index in [4.69, 9.17) is 9.57 Å². The zero-order valence-corrected chi connectivity index (χ0v) is 9.24. The fraction of sp³-hybridized carbons (Fsp3) is 0.818. The summed E-state index contributed by atoms with van der Waals surface area (Å²) in [4.78, 5) is 9.61. The van der Waals surface area contributed by atoms with Gasteiger partial charge in [-0.15, -0.1) is 0 Å². The number of aliphatic imine (C=N–C) groups is 1. The molecule has 2 aliphatic heterocycles. The molecular weight excluding hydrogens is 192 g/mol. The van der Waals surface area contributed by atoms with E-state index in [2.05, 4.69) is 17.1 Å². The highest BCUT2D eigenvalue weighted by Crippen LogP contribution is 2.17. The van der Waals surface area contributed by atoms with Crippen LogP contribution in [0.25, 0.3) is 0 Å². The molecule has 2 rings (SSSR count). The molecule has 1 unspecified atom stereocenters. The van der Waals surface area contributed by atoms with E-state index < -0.39 is 0 Å². The molecule has 84 valence electrons.